The smallest absolute Gasteiger partial charge is 0.224 e. The molecular formula is C14H15ClN2O2. The first kappa shape index (κ1) is 13.6. The lowest BCUT2D eigenvalue weighted by Gasteiger charge is -2.05. The second kappa shape index (κ2) is 5.89. The van der Waals surface area contributed by atoms with Gasteiger partial charge >= 0.3 is 0 Å². The number of hydrogen-bond donors (Lipinski definition) is 1. The lowest BCUT2D eigenvalue weighted by molar-refractivity contribution is -0.120. The molecule has 0 bridgehead atoms. The SMILES string of the molecule is Cc1noc(C)c1CC(=O)NCc1ccc(Cl)cc1. The molecule has 0 fully saturated rings. The van der Waals surface area contributed by atoms with E-state index in [2.05, 4.69) is 10.5 Å². The minimum Gasteiger partial charge on any atom is -0.361 e. The lowest BCUT2D eigenvalue weighted by atomic mass is 10.1. The number of nitrogens with one attached hydrogen (secondary N) is 1. The lowest BCUT2D eigenvalue weighted by Crippen LogP contribution is -2.24. The van der Waals surface area contributed by atoms with Gasteiger partial charge in [0.05, 0.1) is 12.1 Å². The number of amides is 1. The highest BCUT2D eigenvalue weighted by Crippen LogP contribution is 2.13. The van der Waals surface area contributed by atoms with Crippen molar-refractivity contribution in [3.05, 3.63) is 51.9 Å². The van der Waals surface area contributed by atoms with E-state index in [1.807, 2.05) is 26.0 Å². The van der Waals surface area contributed by atoms with Crippen LogP contribution in [0.4, 0.5) is 0 Å². The molecule has 0 saturated carbocycles. The highest BCUT2D eigenvalue weighted by Gasteiger charge is 2.12. The zero-order chi connectivity index (χ0) is 13.8. The number of benzene rings is 1. The van der Waals surface area contributed by atoms with Crippen LogP contribution in [-0.2, 0) is 17.8 Å². The molecule has 2 aromatic rings. The third kappa shape index (κ3) is 3.58. The summed E-state index contributed by atoms with van der Waals surface area (Å²) in [6, 6.07) is 7.38. The Balaban J connectivity index is 1.90. The molecule has 2 rings (SSSR count). The van der Waals surface area contributed by atoms with Crippen LogP contribution in [0.1, 0.15) is 22.6 Å². The van der Waals surface area contributed by atoms with Crippen LogP contribution in [0.25, 0.3) is 0 Å². The zero-order valence-corrected chi connectivity index (χ0v) is 11.6. The number of aromatic nitrogens is 1. The zero-order valence-electron chi connectivity index (χ0n) is 10.9. The van der Waals surface area contributed by atoms with Crippen LogP contribution in [0.15, 0.2) is 28.8 Å². The second-order valence-electron chi connectivity index (χ2n) is 4.38. The highest BCUT2D eigenvalue weighted by atomic mass is 35.5. The van der Waals surface area contributed by atoms with Gasteiger partial charge in [-0.2, -0.15) is 0 Å². The van der Waals surface area contributed by atoms with Gasteiger partial charge in [-0.15, -0.1) is 0 Å². The molecule has 0 radical (unpaired) electrons. The first-order valence-corrected chi connectivity index (χ1v) is 6.37. The molecule has 100 valence electrons. The Labute approximate surface area is 116 Å². The number of rotatable bonds is 4. The van der Waals surface area contributed by atoms with Crippen molar-refractivity contribution in [3.8, 4) is 0 Å². The molecule has 0 aliphatic carbocycles. The summed E-state index contributed by atoms with van der Waals surface area (Å²) in [4.78, 5) is 11.8. The molecule has 5 heteroatoms. The Morgan fingerprint density at radius 1 is 1.32 bits per heavy atom. The van der Waals surface area contributed by atoms with Gasteiger partial charge in [0, 0.05) is 17.1 Å². The summed E-state index contributed by atoms with van der Waals surface area (Å²) in [6.45, 7) is 4.12. The molecule has 1 aromatic heterocycles. The molecule has 0 unspecified atom stereocenters. The van der Waals surface area contributed by atoms with E-state index in [9.17, 15) is 4.79 Å². The normalized spacial score (nSPS) is 10.5. The van der Waals surface area contributed by atoms with Gasteiger partial charge in [-0.25, -0.2) is 0 Å². The van der Waals surface area contributed by atoms with E-state index < -0.39 is 0 Å². The molecule has 0 aliphatic rings. The van der Waals surface area contributed by atoms with Crippen molar-refractivity contribution < 1.29 is 9.32 Å². The van der Waals surface area contributed by atoms with E-state index in [1.54, 1.807) is 12.1 Å². The Hall–Kier alpha value is -1.81. The second-order valence-corrected chi connectivity index (χ2v) is 4.82. The van der Waals surface area contributed by atoms with Crippen LogP contribution in [-0.4, -0.2) is 11.1 Å². The molecule has 0 atom stereocenters. The van der Waals surface area contributed by atoms with Crippen LogP contribution < -0.4 is 5.32 Å². The maximum atomic E-state index is 11.8. The number of aryl methyl sites for hydroxylation is 2. The Bertz CT molecular complexity index is 556. The topological polar surface area (TPSA) is 55.1 Å². The van der Waals surface area contributed by atoms with Crippen molar-refractivity contribution in [2.24, 2.45) is 0 Å². The van der Waals surface area contributed by atoms with Crippen molar-refractivity contribution >= 4 is 17.5 Å². The summed E-state index contributed by atoms with van der Waals surface area (Å²) in [5.41, 5.74) is 2.63. The first-order chi connectivity index (χ1) is 9.06. The Morgan fingerprint density at radius 3 is 2.58 bits per heavy atom. The molecular weight excluding hydrogens is 264 g/mol. The fourth-order valence-corrected chi connectivity index (χ4v) is 1.91. The minimum atomic E-state index is -0.0515. The minimum absolute atomic E-state index is 0.0515. The highest BCUT2D eigenvalue weighted by molar-refractivity contribution is 6.30. The molecule has 4 nitrogen and oxygen atoms in total. The predicted octanol–water partition coefficient (Wildman–Crippen LogP) is 2.80. The van der Waals surface area contributed by atoms with E-state index >= 15 is 0 Å². The van der Waals surface area contributed by atoms with Gasteiger partial charge in [0.1, 0.15) is 5.76 Å². The van der Waals surface area contributed by atoms with Gasteiger partial charge in [0.25, 0.3) is 0 Å². The molecule has 1 amide bonds. The Morgan fingerprint density at radius 2 is 2.00 bits per heavy atom. The number of carbonyl (C=O) groups is 1. The largest absolute Gasteiger partial charge is 0.361 e. The van der Waals surface area contributed by atoms with E-state index in [0.29, 0.717) is 17.3 Å². The fraction of sp³-hybridized carbons (Fsp3) is 0.286. The van der Waals surface area contributed by atoms with Crippen molar-refractivity contribution in [2.75, 3.05) is 0 Å². The maximum Gasteiger partial charge on any atom is 0.224 e. The van der Waals surface area contributed by atoms with Crippen molar-refractivity contribution in [1.29, 1.82) is 0 Å². The summed E-state index contributed by atoms with van der Waals surface area (Å²) in [5, 5.41) is 7.37. The fourth-order valence-electron chi connectivity index (χ4n) is 1.78. The van der Waals surface area contributed by atoms with Crippen LogP contribution in [0.5, 0.6) is 0 Å². The van der Waals surface area contributed by atoms with Gasteiger partial charge in [-0.1, -0.05) is 28.9 Å². The average molecular weight is 279 g/mol. The summed E-state index contributed by atoms with van der Waals surface area (Å²) in [6.07, 6.45) is 0.286. The van der Waals surface area contributed by atoms with Gasteiger partial charge in [-0.05, 0) is 31.5 Å². The third-order valence-corrected chi connectivity index (χ3v) is 3.17. The van der Waals surface area contributed by atoms with Gasteiger partial charge < -0.3 is 9.84 Å². The van der Waals surface area contributed by atoms with E-state index in [-0.39, 0.29) is 12.3 Å². The van der Waals surface area contributed by atoms with Crippen LogP contribution >= 0.6 is 11.6 Å². The first-order valence-electron chi connectivity index (χ1n) is 5.99. The monoisotopic (exact) mass is 278 g/mol. The average Bonchev–Trinajstić information content (AvgIpc) is 2.70. The van der Waals surface area contributed by atoms with Crippen LogP contribution in [0.2, 0.25) is 5.02 Å². The molecule has 1 heterocycles. The van der Waals surface area contributed by atoms with Crippen molar-refractivity contribution in [2.45, 2.75) is 26.8 Å². The molecule has 1 aromatic carbocycles. The number of hydrogen-bond acceptors (Lipinski definition) is 3. The van der Waals surface area contributed by atoms with E-state index in [4.69, 9.17) is 16.1 Å². The van der Waals surface area contributed by atoms with E-state index in [0.717, 1.165) is 16.8 Å². The number of nitrogens with zero attached hydrogens (tertiary/aromatic N) is 1. The maximum absolute atomic E-state index is 11.8. The molecule has 0 saturated heterocycles. The third-order valence-electron chi connectivity index (χ3n) is 2.92. The van der Waals surface area contributed by atoms with Gasteiger partial charge in [0.15, 0.2) is 0 Å². The molecule has 0 spiro atoms. The standard InChI is InChI=1S/C14H15ClN2O2/c1-9-13(10(2)19-17-9)7-14(18)16-8-11-3-5-12(15)6-4-11/h3-6H,7-8H2,1-2H3,(H,16,18). The molecule has 1 N–H and O–H groups in total. The number of halogens is 1. The van der Waals surface area contributed by atoms with E-state index in [1.165, 1.54) is 0 Å². The Kier molecular flexibility index (Phi) is 4.22. The predicted molar refractivity (Wildman–Crippen MR) is 73.0 cm³/mol. The molecule has 19 heavy (non-hydrogen) atoms. The molecule has 0 aliphatic heterocycles. The van der Waals surface area contributed by atoms with Crippen molar-refractivity contribution in [1.82, 2.24) is 10.5 Å². The van der Waals surface area contributed by atoms with Crippen LogP contribution in [0, 0.1) is 13.8 Å². The van der Waals surface area contributed by atoms with Crippen molar-refractivity contribution in [3.63, 3.8) is 0 Å². The quantitative estimate of drug-likeness (QED) is 0.936. The summed E-state index contributed by atoms with van der Waals surface area (Å²) >= 11 is 5.80. The van der Waals surface area contributed by atoms with Crippen LogP contribution in [0.3, 0.4) is 0 Å². The summed E-state index contributed by atoms with van der Waals surface area (Å²) in [5.74, 6) is 0.642. The summed E-state index contributed by atoms with van der Waals surface area (Å²) < 4.78 is 5.03. The number of carbonyl (C=O) groups excluding carboxylic acids is 1. The van der Waals surface area contributed by atoms with Gasteiger partial charge in [0.2, 0.25) is 5.91 Å². The van der Waals surface area contributed by atoms with Gasteiger partial charge in [-0.3, -0.25) is 4.79 Å². The summed E-state index contributed by atoms with van der Waals surface area (Å²) in [7, 11) is 0.